The van der Waals surface area contributed by atoms with Gasteiger partial charge in [0.05, 0.1) is 9.16 Å². The van der Waals surface area contributed by atoms with Crippen LogP contribution in [0.5, 0.6) is 0 Å². The van der Waals surface area contributed by atoms with Crippen molar-refractivity contribution < 1.29 is 0 Å². The molecule has 0 aromatic heterocycles. The molecule has 0 amide bonds. The van der Waals surface area contributed by atoms with Crippen LogP contribution >= 0.6 is 95.8 Å². The van der Waals surface area contributed by atoms with E-state index in [1.807, 2.05) is 23.5 Å². The Hall–Kier alpha value is 2.80. The molecule has 0 saturated carbocycles. The molecule has 2 unspecified atom stereocenters. The van der Waals surface area contributed by atoms with Crippen LogP contribution < -0.4 is 0 Å². The minimum Gasteiger partial charge on any atom is -0.179 e. The highest BCUT2D eigenvalue weighted by Crippen LogP contribution is 2.40. The third-order valence-corrected chi connectivity index (χ3v) is 12.5. The zero-order valence-corrected chi connectivity index (χ0v) is 18.3. The van der Waals surface area contributed by atoms with Gasteiger partial charge in [0, 0.05) is 46.0 Å². The van der Waals surface area contributed by atoms with Gasteiger partial charge < -0.3 is 0 Å². The van der Waals surface area contributed by atoms with E-state index in [4.69, 9.17) is 0 Å². The van der Waals surface area contributed by atoms with E-state index in [2.05, 4.69) is 72.3 Å². The van der Waals surface area contributed by atoms with Crippen molar-refractivity contribution in [3.8, 4) is 0 Å². The van der Waals surface area contributed by atoms with Crippen molar-refractivity contribution in [2.45, 2.75) is 9.16 Å². The Morgan fingerprint density at radius 2 is 1.15 bits per heavy atom. The number of hydrogen-bond acceptors (Lipinski definition) is 8. The summed E-state index contributed by atoms with van der Waals surface area (Å²) in [5.41, 5.74) is 0. The lowest BCUT2D eigenvalue weighted by atomic mass is 10.9. The molecular weight excluding hydrogens is 401 g/mol. The molecule has 20 heavy (non-hydrogen) atoms. The summed E-state index contributed by atoms with van der Waals surface area (Å²) < 4.78 is 1.65. The second-order valence-electron chi connectivity index (χ2n) is 3.94. The molecule has 0 aromatic carbocycles. The second kappa shape index (κ2) is 15.3. The van der Waals surface area contributed by atoms with E-state index in [-0.39, 0.29) is 0 Å². The number of hydrogen-bond donors (Lipinski definition) is 2. The molecule has 1 saturated heterocycles. The van der Waals surface area contributed by atoms with E-state index in [0.29, 0.717) is 0 Å². The van der Waals surface area contributed by atoms with E-state index in [1.54, 1.807) is 0 Å². The van der Waals surface area contributed by atoms with Crippen LogP contribution in [0.2, 0.25) is 0 Å². The first kappa shape index (κ1) is 20.8. The number of thioether (sulfide) groups is 6. The predicted octanol–water partition coefficient (Wildman–Crippen LogP) is 4.91. The number of thiol groups is 2. The molecule has 1 fully saturated rings. The maximum atomic E-state index is 4.24. The summed E-state index contributed by atoms with van der Waals surface area (Å²) in [4.78, 5) is 0. The van der Waals surface area contributed by atoms with Gasteiger partial charge in [-0.1, -0.05) is 0 Å². The molecule has 0 aliphatic carbocycles. The molecule has 8 heteroatoms. The van der Waals surface area contributed by atoms with Gasteiger partial charge in [0.2, 0.25) is 0 Å². The monoisotopic (exact) mass is 424 g/mol. The summed E-state index contributed by atoms with van der Waals surface area (Å²) in [5, 5.41) is 0. The molecule has 1 aliphatic heterocycles. The van der Waals surface area contributed by atoms with Gasteiger partial charge in [0.1, 0.15) is 0 Å². The minimum absolute atomic E-state index is 0.826. The first-order valence-corrected chi connectivity index (χ1v) is 14.5. The Kier molecular flexibility index (Phi) is 16.0. The SMILES string of the molecule is SCCSCCSC1CSC(SCCSCCS)CS1. The van der Waals surface area contributed by atoms with E-state index in [9.17, 15) is 0 Å². The van der Waals surface area contributed by atoms with E-state index in [1.165, 1.54) is 46.0 Å². The highest BCUT2D eigenvalue weighted by Gasteiger charge is 2.22. The maximum Gasteiger partial charge on any atom is 0.0594 e. The van der Waals surface area contributed by atoms with Crippen LogP contribution in [0.4, 0.5) is 0 Å². The summed E-state index contributed by atoms with van der Waals surface area (Å²) >= 11 is 21.2. The van der Waals surface area contributed by atoms with Crippen LogP contribution in [-0.2, 0) is 0 Å². The smallest absolute Gasteiger partial charge is 0.0594 e. The molecule has 2 atom stereocenters. The van der Waals surface area contributed by atoms with Gasteiger partial charge in [0.15, 0.2) is 0 Å². The lowest BCUT2D eigenvalue weighted by molar-refractivity contribution is 1.31. The van der Waals surface area contributed by atoms with Gasteiger partial charge in [0.25, 0.3) is 0 Å². The van der Waals surface area contributed by atoms with Crippen molar-refractivity contribution in [2.24, 2.45) is 0 Å². The fourth-order valence-corrected chi connectivity index (χ4v) is 10.2. The first-order chi connectivity index (χ1) is 9.86. The molecule has 1 heterocycles. The molecule has 120 valence electrons. The first-order valence-electron chi connectivity index (χ1n) is 6.70. The van der Waals surface area contributed by atoms with Crippen LogP contribution in [0.1, 0.15) is 0 Å². The fourth-order valence-electron chi connectivity index (χ4n) is 1.47. The topological polar surface area (TPSA) is 0 Å². The van der Waals surface area contributed by atoms with Crippen LogP contribution in [-0.4, -0.2) is 66.7 Å². The Morgan fingerprint density at radius 3 is 1.50 bits per heavy atom. The second-order valence-corrected chi connectivity index (χ2v) is 13.0. The van der Waals surface area contributed by atoms with Gasteiger partial charge in [-0.05, 0) is 11.5 Å². The number of rotatable bonds is 12. The maximum absolute atomic E-state index is 4.24. The average molecular weight is 425 g/mol. The van der Waals surface area contributed by atoms with Crippen LogP contribution in [0, 0.1) is 0 Å². The van der Waals surface area contributed by atoms with Gasteiger partial charge in [-0.15, -0.1) is 47.0 Å². The van der Waals surface area contributed by atoms with Crippen molar-refractivity contribution >= 4 is 95.8 Å². The quantitative estimate of drug-likeness (QED) is 0.335. The molecule has 0 bridgehead atoms. The van der Waals surface area contributed by atoms with Gasteiger partial charge in [-0.2, -0.15) is 48.8 Å². The van der Waals surface area contributed by atoms with Crippen molar-refractivity contribution in [3.63, 3.8) is 0 Å². The predicted molar refractivity (Wildman–Crippen MR) is 120 cm³/mol. The van der Waals surface area contributed by atoms with Gasteiger partial charge in [-0.3, -0.25) is 0 Å². The molecule has 0 nitrogen and oxygen atoms in total. The Morgan fingerprint density at radius 1 is 0.700 bits per heavy atom. The van der Waals surface area contributed by atoms with Gasteiger partial charge >= 0.3 is 0 Å². The third-order valence-electron chi connectivity index (χ3n) is 2.37. The Balaban J connectivity index is 1.91. The normalized spacial score (nSPS) is 23.1. The molecule has 0 radical (unpaired) electrons. The molecule has 0 aromatic rings. The average Bonchev–Trinajstić information content (AvgIpc) is 2.48. The lowest BCUT2D eigenvalue weighted by Gasteiger charge is -2.27. The lowest BCUT2D eigenvalue weighted by Crippen LogP contribution is -2.18. The van der Waals surface area contributed by atoms with E-state index >= 15 is 0 Å². The van der Waals surface area contributed by atoms with Crippen molar-refractivity contribution in [1.29, 1.82) is 0 Å². The Labute approximate surface area is 161 Å². The van der Waals surface area contributed by atoms with Crippen LogP contribution in [0.15, 0.2) is 0 Å². The van der Waals surface area contributed by atoms with Crippen LogP contribution in [0.3, 0.4) is 0 Å². The third kappa shape index (κ3) is 11.4. The molecule has 1 aliphatic rings. The summed E-state index contributed by atoms with van der Waals surface area (Å²) in [6.45, 7) is 0. The molecule has 0 spiro atoms. The van der Waals surface area contributed by atoms with Crippen molar-refractivity contribution in [2.75, 3.05) is 57.5 Å². The van der Waals surface area contributed by atoms with Gasteiger partial charge in [-0.25, -0.2) is 0 Å². The van der Waals surface area contributed by atoms with Crippen molar-refractivity contribution in [1.82, 2.24) is 0 Å². The standard InChI is InChI=1S/C12H24S8/c13-1-3-15-5-7-17-11-9-20-12(10-19-11)18-8-6-16-4-2-14/h11-14H,1-10H2. The van der Waals surface area contributed by atoms with Crippen molar-refractivity contribution in [3.05, 3.63) is 0 Å². The minimum atomic E-state index is 0.826. The molecular formula is C12H24S8. The largest absolute Gasteiger partial charge is 0.179 e. The molecule has 0 N–H and O–H groups in total. The van der Waals surface area contributed by atoms with Crippen LogP contribution in [0.25, 0.3) is 0 Å². The summed E-state index contributed by atoms with van der Waals surface area (Å²) in [6, 6.07) is 0. The summed E-state index contributed by atoms with van der Waals surface area (Å²) in [7, 11) is 0. The summed E-state index contributed by atoms with van der Waals surface area (Å²) in [5.74, 6) is 12.2. The highest BCUT2D eigenvalue weighted by atomic mass is 32.2. The fraction of sp³-hybridized carbons (Fsp3) is 1.00. The zero-order chi connectivity index (χ0) is 14.5. The summed E-state index contributed by atoms with van der Waals surface area (Å²) in [6.07, 6.45) is 0. The molecule has 1 rings (SSSR count). The van der Waals surface area contributed by atoms with E-state index < -0.39 is 0 Å². The highest BCUT2D eigenvalue weighted by molar-refractivity contribution is 8.24. The Bertz CT molecular complexity index is 186. The van der Waals surface area contributed by atoms with E-state index in [0.717, 1.165) is 20.7 Å². The zero-order valence-electron chi connectivity index (χ0n) is 11.6.